The van der Waals surface area contributed by atoms with Crippen LogP contribution in [-0.2, 0) is 0 Å². The van der Waals surface area contributed by atoms with E-state index in [0.29, 0.717) is 29.9 Å². The van der Waals surface area contributed by atoms with Gasteiger partial charge in [0.15, 0.2) is 5.82 Å². The lowest BCUT2D eigenvalue weighted by molar-refractivity contribution is 0.0644. The van der Waals surface area contributed by atoms with Crippen molar-refractivity contribution in [3.8, 4) is 11.1 Å². The quantitative estimate of drug-likeness (QED) is 0.516. The Labute approximate surface area is 183 Å². The summed E-state index contributed by atoms with van der Waals surface area (Å²) in [5.74, 6) is 1.21. The zero-order valence-electron chi connectivity index (χ0n) is 17.4. The number of hydrogen-bond donors (Lipinski definition) is 3. The lowest BCUT2D eigenvalue weighted by Crippen LogP contribution is -2.37. The molecule has 0 bridgehead atoms. The van der Waals surface area contributed by atoms with E-state index in [9.17, 15) is 13.6 Å². The molecule has 2 aromatic heterocycles. The summed E-state index contributed by atoms with van der Waals surface area (Å²) in [5, 5.41) is 17.9. The summed E-state index contributed by atoms with van der Waals surface area (Å²) in [6.45, 7) is 0. The molecule has 1 amide bonds. The fourth-order valence-corrected chi connectivity index (χ4v) is 4.72. The molecule has 2 saturated carbocycles. The molecule has 0 radical (unpaired) electrons. The van der Waals surface area contributed by atoms with Crippen LogP contribution in [0.25, 0.3) is 11.1 Å². The number of aromatic amines is 1. The van der Waals surface area contributed by atoms with Gasteiger partial charge in [-0.15, -0.1) is 0 Å². The second kappa shape index (κ2) is 7.43. The number of carbonyl (C=O) groups is 1. The van der Waals surface area contributed by atoms with Crippen LogP contribution in [0.2, 0.25) is 0 Å². The van der Waals surface area contributed by atoms with Gasteiger partial charge in [0, 0.05) is 23.2 Å². The molecular weight excluding hydrogens is 414 g/mol. The largest absolute Gasteiger partial charge is 0.367 e. The maximum absolute atomic E-state index is 13.7. The van der Waals surface area contributed by atoms with Crippen molar-refractivity contribution in [3.05, 3.63) is 47.8 Å². The van der Waals surface area contributed by atoms with Crippen molar-refractivity contribution in [2.45, 2.75) is 56.5 Å². The van der Waals surface area contributed by atoms with Crippen LogP contribution in [0.15, 0.2) is 36.5 Å². The molecule has 0 unspecified atom stereocenters. The van der Waals surface area contributed by atoms with Gasteiger partial charge in [-0.1, -0.05) is 30.3 Å². The monoisotopic (exact) mass is 438 g/mol. The van der Waals surface area contributed by atoms with Crippen molar-refractivity contribution < 1.29 is 13.6 Å². The van der Waals surface area contributed by atoms with Gasteiger partial charge in [0.2, 0.25) is 0 Å². The molecule has 2 aliphatic carbocycles. The Morgan fingerprint density at radius 2 is 1.94 bits per heavy atom. The van der Waals surface area contributed by atoms with E-state index in [1.165, 1.54) is 10.9 Å². The number of H-pyrrole nitrogens is 1. The van der Waals surface area contributed by atoms with Crippen LogP contribution in [0.1, 0.15) is 60.1 Å². The van der Waals surface area contributed by atoms with Crippen LogP contribution in [-0.4, -0.2) is 38.4 Å². The molecule has 0 spiro atoms. The smallest absolute Gasteiger partial charge is 0.262 e. The third kappa shape index (κ3) is 3.36. The number of hydrogen-bond acceptors (Lipinski definition) is 4. The topological polar surface area (TPSA) is 87.6 Å². The van der Waals surface area contributed by atoms with E-state index >= 15 is 0 Å². The van der Waals surface area contributed by atoms with Crippen LogP contribution in [0.5, 0.6) is 0 Å². The third-order valence-electron chi connectivity index (χ3n) is 6.73. The zero-order valence-corrected chi connectivity index (χ0v) is 17.4. The maximum atomic E-state index is 13.7. The predicted octanol–water partition coefficient (Wildman–Crippen LogP) is 4.80. The number of alkyl halides is 2. The molecule has 3 heterocycles. The van der Waals surface area contributed by atoms with Gasteiger partial charge in [-0.25, -0.2) is 13.5 Å². The molecule has 2 fully saturated rings. The van der Waals surface area contributed by atoms with E-state index < -0.39 is 18.4 Å². The Hall–Kier alpha value is -3.23. The number of amides is 1. The molecule has 1 aliphatic heterocycles. The van der Waals surface area contributed by atoms with Gasteiger partial charge in [0.25, 0.3) is 12.3 Å². The third-order valence-corrected chi connectivity index (χ3v) is 6.73. The van der Waals surface area contributed by atoms with Crippen molar-refractivity contribution in [2.24, 2.45) is 5.92 Å². The molecule has 3 N–H and O–H groups in total. The van der Waals surface area contributed by atoms with Crippen molar-refractivity contribution in [1.29, 1.82) is 0 Å². The van der Waals surface area contributed by atoms with Crippen LogP contribution in [0, 0.1) is 5.92 Å². The second-order valence-electron chi connectivity index (χ2n) is 9.03. The highest BCUT2D eigenvalue weighted by Gasteiger charge is 2.42. The number of carbonyl (C=O) groups excluding carboxylic acids is 1. The Morgan fingerprint density at radius 1 is 1.16 bits per heavy atom. The normalized spacial score (nSPS) is 22.5. The first-order valence-electron chi connectivity index (χ1n) is 11.2. The van der Waals surface area contributed by atoms with Crippen molar-refractivity contribution in [1.82, 2.24) is 20.0 Å². The molecule has 166 valence electrons. The molecule has 2 atom stereocenters. The minimum Gasteiger partial charge on any atom is -0.367 e. The fraction of sp³-hybridized carbons (Fsp3) is 0.435. The van der Waals surface area contributed by atoms with Gasteiger partial charge < -0.3 is 10.6 Å². The molecule has 3 aromatic rings. The highest BCUT2D eigenvalue weighted by molar-refractivity contribution is 6.08. The molecule has 9 heteroatoms. The molecular formula is C23H24F2N6O. The van der Waals surface area contributed by atoms with Crippen LogP contribution >= 0.6 is 0 Å². The summed E-state index contributed by atoms with van der Waals surface area (Å²) >= 11 is 0. The summed E-state index contributed by atoms with van der Waals surface area (Å²) in [6, 6.07) is 8.74. The highest BCUT2D eigenvalue weighted by atomic mass is 19.3. The number of fused-ring (bicyclic) bond motifs is 1. The summed E-state index contributed by atoms with van der Waals surface area (Å²) in [6.07, 6.45) is 3.40. The number of benzene rings is 1. The average molecular weight is 438 g/mol. The minimum absolute atomic E-state index is 0.0588. The first-order valence-corrected chi connectivity index (χ1v) is 11.2. The Morgan fingerprint density at radius 3 is 2.62 bits per heavy atom. The molecule has 6 rings (SSSR count). The van der Waals surface area contributed by atoms with Gasteiger partial charge in [-0.2, -0.15) is 10.2 Å². The SMILES string of the molecule is O=C(Nc1n[nH]c(C2CC2)c1-c1ccccc1)c1cnn2c1N[C@@H](C1CC1)C[C@H]2C(F)F. The van der Waals surface area contributed by atoms with Crippen molar-refractivity contribution in [2.75, 3.05) is 10.6 Å². The second-order valence-corrected chi connectivity index (χ2v) is 9.03. The Bertz CT molecular complexity index is 1150. The van der Waals surface area contributed by atoms with Crippen LogP contribution in [0.3, 0.4) is 0 Å². The van der Waals surface area contributed by atoms with Gasteiger partial charge in [0.05, 0.1) is 6.20 Å². The van der Waals surface area contributed by atoms with Crippen molar-refractivity contribution >= 4 is 17.5 Å². The Balaban J connectivity index is 1.33. The fourth-order valence-electron chi connectivity index (χ4n) is 4.72. The molecule has 0 saturated heterocycles. The van der Waals surface area contributed by atoms with Gasteiger partial charge >= 0.3 is 0 Å². The lowest BCUT2D eigenvalue weighted by atomic mass is 10.00. The van der Waals surface area contributed by atoms with Gasteiger partial charge in [-0.05, 0) is 43.6 Å². The van der Waals surface area contributed by atoms with Crippen molar-refractivity contribution in [3.63, 3.8) is 0 Å². The van der Waals surface area contributed by atoms with E-state index in [-0.39, 0.29) is 11.6 Å². The van der Waals surface area contributed by atoms with E-state index in [2.05, 4.69) is 25.9 Å². The number of rotatable bonds is 6. The highest BCUT2D eigenvalue weighted by Crippen LogP contribution is 2.46. The van der Waals surface area contributed by atoms with E-state index in [1.807, 2.05) is 30.3 Å². The van der Waals surface area contributed by atoms with Crippen LogP contribution in [0.4, 0.5) is 20.4 Å². The number of halogens is 2. The molecule has 3 aliphatic rings. The van der Waals surface area contributed by atoms with E-state index in [4.69, 9.17) is 0 Å². The maximum Gasteiger partial charge on any atom is 0.262 e. The number of nitrogens with zero attached hydrogens (tertiary/aromatic N) is 3. The van der Waals surface area contributed by atoms with E-state index in [1.54, 1.807) is 0 Å². The standard InChI is InChI=1S/C23H24F2N6O/c24-20(25)17-10-16(12-6-7-12)27-22-15(11-26-31(17)22)23(32)28-21-18(13-4-2-1-3-5-13)19(29-30-21)14-8-9-14/h1-5,11-12,14,16-17,20,27H,6-10H2,(H2,28,29,30,32)/t16-,17+/m1/s1. The Kier molecular flexibility index (Phi) is 4.51. The van der Waals surface area contributed by atoms with Gasteiger partial charge in [0.1, 0.15) is 17.4 Å². The first kappa shape index (κ1) is 19.5. The number of aromatic nitrogens is 4. The first-order chi connectivity index (χ1) is 15.6. The minimum atomic E-state index is -2.54. The molecule has 7 nitrogen and oxygen atoms in total. The number of anilines is 2. The molecule has 1 aromatic carbocycles. The average Bonchev–Trinajstić information content (AvgIpc) is 3.73. The summed E-state index contributed by atoms with van der Waals surface area (Å²) in [4.78, 5) is 13.2. The summed E-state index contributed by atoms with van der Waals surface area (Å²) < 4.78 is 28.7. The summed E-state index contributed by atoms with van der Waals surface area (Å²) in [7, 11) is 0. The summed E-state index contributed by atoms with van der Waals surface area (Å²) in [5.41, 5.74) is 3.14. The molecule has 32 heavy (non-hydrogen) atoms. The zero-order chi connectivity index (χ0) is 21.8. The predicted molar refractivity (Wildman–Crippen MR) is 116 cm³/mol. The van der Waals surface area contributed by atoms with Crippen LogP contribution < -0.4 is 10.6 Å². The lowest BCUT2D eigenvalue weighted by Gasteiger charge is -2.32. The van der Waals surface area contributed by atoms with Gasteiger partial charge in [-0.3, -0.25) is 9.89 Å². The number of nitrogens with one attached hydrogen (secondary N) is 3. The van der Waals surface area contributed by atoms with E-state index in [0.717, 1.165) is 42.5 Å².